The summed E-state index contributed by atoms with van der Waals surface area (Å²) in [6, 6.07) is 1.19. The Kier molecular flexibility index (Phi) is 6.32. The van der Waals surface area contributed by atoms with Crippen molar-refractivity contribution in [2.24, 2.45) is 0 Å². The Labute approximate surface area is 141 Å². The number of amides is 1. The highest BCUT2D eigenvalue weighted by Crippen LogP contribution is 2.21. The third-order valence-electron chi connectivity index (χ3n) is 5.15. The van der Waals surface area contributed by atoms with Gasteiger partial charge in [-0.2, -0.15) is 0 Å². The molecule has 0 aromatic rings. The van der Waals surface area contributed by atoms with E-state index in [-0.39, 0.29) is 12.1 Å². The Morgan fingerprint density at radius 1 is 1.17 bits per heavy atom. The van der Waals surface area contributed by atoms with Crippen LogP contribution in [0, 0.1) is 0 Å². The monoisotopic (exact) mass is 325 g/mol. The smallest absolute Gasteiger partial charge is 0.410 e. The van der Waals surface area contributed by atoms with Gasteiger partial charge in [-0.15, -0.1) is 0 Å². The predicted octanol–water partition coefficient (Wildman–Crippen LogP) is 2.85. The molecule has 23 heavy (non-hydrogen) atoms. The lowest BCUT2D eigenvalue weighted by atomic mass is 9.96. The minimum absolute atomic E-state index is 0.175. The largest absolute Gasteiger partial charge is 0.444 e. The molecule has 134 valence electrons. The third-order valence-corrected chi connectivity index (χ3v) is 5.15. The highest BCUT2D eigenvalue weighted by atomic mass is 16.6. The van der Waals surface area contributed by atoms with Crippen LogP contribution >= 0.6 is 0 Å². The van der Waals surface area contributed by atoms with Gasteiger partial charge in [0.25, 0.3) is 0 Å². The summed E-state index contributed by atoms with van der Waals surface area (Å²) in [7, 11) is 2.23. The number of carbonyl (C=O) groups excluding carboxylic acids is 1. The molecule has 2 rings (SSSR count). The molecule has 0 bridgehead atoms. The summed E-state index contributed by atoms with van der Waals surface area (Å²) in [5.41, 5.74) is -0.429. The van der Waals surface area contributed by atoms with Crippen molar-refractivity contribution in [3.63, 3.8) is 0 Å². The fourth-order valence-corrected chi connectivity index (χ4v) is 3.68. The van der Waals surface area contributed by atoms with Crippen molar-refractivity contribution in [2.45, 2.75) is 83.5 Å². The first-order valence-electron chi connectivity index (χ1n) is 9.21. The van der Waals surface area contributed by atoms with Gasteiger partial charge in [-0.1, -0.05) is 6.42 Å². The molecule has 2 fully saturated rings. The quantitative estimate of drug-likeness (QED) is 0.866. The second-order valence-electron chi connectivity index (χ2n) is 8.20. The van der Waals surface area contributed by atoms with Crippen LogP contribution < -0.4 is 5.32 Å². The first-order chi connectivity index (χ1) is 10.8. The molecule has 2 saturated heterocycles. The van der Waals surface area contributed by atoms with Crippen LogP contribution in [0.25, 0.3) is 0 Å². The van der Waals surface area contributed by atoms with Gasteiger partial charge in [-0.3, -0.25) is 0 Å². The number of likely N-dealkylation sites (tertiary alicyclic amines) is 2. The summed E-state index contributed by atoms with van der Waals surface area (Å²) < 4.78 is 5.56. The second kappa shape index (κ2) is 7.84. The maximum absolute atomic E-state index is 12.4. The average Bonchev–Trinajstić information content (AvgIpc) is 2.46. The average molecular weight is 325 g/mol. The summed E-state index contributed by atoms with van der Waals surface area (Å²) in [5, 5.41) is 3.73. The Bertz CT molecular complexity index is 394. The number of likely N-dealkylation sites (N-methyl/N-ethyl adjacent to an activating group) is 1. The van der Waals surface area contributed by atoms with Crippen LogP contribution in [0.2, 0.25) is 0 Å². The van der Waals surface area contributed by atoms with E-state index in [1.54, 1.807) is 0 Å². The lowest BCUT2D eigenvalue weighted by molar-refractivity contribution is 0.00654. The molecule has 5 nitrogen and oxygen atoms in total. The van der Waals surface area contributed by atoms with Crippen LogP contribution in [0.4, 0.5) is 4.79 Å². The minimum Gasteiger partial charge on any atom is -0.444 e. The van der Waals surface area contributed by atoms with E-state index in [1.807, 2.05) is 25.7 Å². The van der Waals surface area contributed by atoms with Crippen LogP contribution in [0.1, 0.15) is 59.8 Å². The van der Waals surface area contributed by atoms with Crippen molar-refractivity contribution in [1.82, 2.24) is 15.1 Å². The van der Waals surface area contributed by atoms with Crippen molar-refractivity contribution in [2.75, 3.05) is 26.7 Å². The molecular weight excluding hydrogens is 290 g/mol. The number of hydrogen-bond acceptors (Lipinski definition) is 4. The molecule has 0 aliphatic carbocycles. The highest BCUT2D eigenvalue weighted by molar-refractivity contribution is 5.68. The number of ether oxygens (including phenoxy) is 1. The lowest BCUT2D eigenvalue weighted by Gasteiger charge is -2.41. The van der Waals surface area contributed by atoms with E-state index in [9.17, 15) is 4.79 Å². The van der Waals surface area contributed by atoms with Gasteiger partial charge in [0.2, 0.25) is 0 Å². The minimum atomic E-state index is -0.429. The molecule has 1 amide bonds. The molecule has 1 N–H and O–H groups in total. The number of hydrogen-bond donors (Lipinski definition) is 1. The van der Waals surface area contributed by atoms with Crippen molar-refractivity contribution in [1.29, 1.82) is 0 Å². The van der Waals surface area contributed by atoms with Crippen LogP contribution in [-0.2, 0) is 4.74 Å². The number of piperidine rings is 2. The van der Waals surface area contributed by atoms with E-state index < -0.39 is 5.60 Å². The molecule has 0 radical (unpaired) electrons. The Morgan fingerprint density at radius 3 is 2.57 bits per heavy atom. The van der Waals surface area contributed by atoms with Gasteiger partial charge >= 0.3 is 6.09 Å². The standard InChI is InChI=1S/C18H35N3O2/c1-14-16(19-13-15-9-6-7-11-20(15)5)10-8-12-21(14)17(22)23-18(2,3)4/h14-16,19H,6-13H2,1-5H3. The SMILES string of the molecule is CC1C(NCC2CCCCN2C)CCCN1C(=O)OC(C)(C)C. The highest BCUT2D eigenvalue weighted by Gasteiger charge is 2.34. The van der Waals surface area contributed by atoms with E-state index in [0.717, 1.165) is 25.9 Å². The molecule has 0 aromatic heterocycles. The van der Waals surface area contributed by atoms with Gasteiger partial charge in [0.15, 0.2) is 0 Å². The molecule has 2 aliphatic heterocycles. The number of carbonyl (C=O) groups is 1. The zero-order valence-electron chi connectivity index (χ0n) is 15.6. The van der Waals surface area contributed by atoms with Crippen molar-refractivity contribution in [3.8, 4) is 0 Å². The number of rotatable bonds is 3. The van der Waals surface area contributed by atoms with E-state index in [0.29, 0.717) is 12.1 Å². The fourth-order valence-electron chi connectivity index (χ4n) is 3.68. The third kappa shape index (κ3) is 5.35. The second-order valence-corrected chi connectivity index (χ2v) is 8.20. The molecule has 2 heterocycles. The Balaban J connectivity index is 1.86. The topological polar surface area (TPSA) is 44.8 Å². The predicted molar refractivity (Wildman–Crippen MR) is 93.7 cm³/mol. The van der Waals surface area contributed by atoms with Crippen LogP contribution in [0.15, 0.2) is 0 Å². The van der Waals surface area contributed by atoms with Gasteiger partial charge in [-0.25, -0.2) is 4.79 Å². The molecule has 0 saturated carbocycles. The van der Waals surface area contributed by atoms with E-state index in [4.69, 9.17) is 4.74 Å². The molecule has 3 unspecified atom stereocenters. The van der Waals surface area contributed by atoms with Gasteiger partial charge in [0, 0.05) is 31.2 Å². The van der Waals surface area contributed by atoms with Crippen molar-refractivity contribution in [3.05, 3.63) is 0 Å². The summed E-state index contributed by atoms with van der Waals surface area (Å²) in [6.45, 7) is 10.9. The summed E-state index contributed by atoms with van der Waals surface area (Å²) in [6.07, 6.45) is 5.94. The molecule has 3 atom stereocenters. The molecule has 0 spiro atoms. The number of nitrogens with zero attached hydrogens (tertiary/aromatic N) is 2. The van der Waals surface area contributed by atoms with Crippen LogP contribution in [0.3, 0.4) is 0 Å². The Morgan fingerprint density at radius 2 is 1.91 bits per heavy atom. The Hall–Kier alpha value is -0.810. The van der Waals surface area contributed by atoms with Crippen molar-refractivity contribution < 1.29 is 9.53 Å². The van der Waals surface area contributed by atoms with Gasteiger partial charge in [0.05, 0.1) is 0 Å². The van der Waals surface area contributed by atoms with Gasteiger partial charge in [0.1, 0.15) is 5.60 Å². The summed E-state index contributed by atoms with van der Waals surface area (Å²) in [4.78, 5) is 16.8. The first-order valence-corrected chi connectivity index (χ1v) is 9.21. The maximum atomic E-state index is 12.4. The molecule has 2 aliphatic rings. The summed E-state index contributed by atoms with van der Waals surface area (Å²) in [5.74, 6) is 0. The van der Waals surface area contributed by atoms with Gasteiger partial charge < -0.3 is 19.9 Å². The fraction of sp³-hybridized carbons (Fsp3) is 0.944. The molecule has 5 heteroatoms. The first kappa shape index (κ1) is 18.5. The lowest BCUT2D eigenvalue weighted by Crippen LogP contribution is -2.57. The van der Waals surface area contributed by atoms with Crippen molar-refractivity contribution >= 4 is 6.09 Å². The zero-order valence-corrected chi connectivity index (χ0v) is 15.6. The maximum Gasteiger partial charge on any atom is 0.410 e. The van der Waals surface area contributed by atoms with Crippen LogP contribution in [0.5, 0.6) is 0 Å². The van der Waals surface area contributed by atoms with E-state index >= 15 is 0 Å². The normalized spacial score (nSPS) is 30.3. The summed E-state index contributed by atoms with van der Waals surface area (Å²) >= 11 is 0. The molecular formula is C18H35N3O2. The number of nitrogens with one attached hydrogen (secondary N) is 1. The zero-order chi connectivity index (χ0) is 17.0. The molecule has 0 aromatic carbocycles. The van der Waals surface area contributed by atoms with Gasteiger partial charge in [-0.05, 0) is 67.0 Å². The van der Waals surface area contributed by atoms with E-state index in [1.165, 1.54) is 25.8 Å². The van der Waals surface area contributed by atoms with E-state index in [2.05, 4.69) is 24.2 Å². The van der Waals surface area contributed by atoms with Crippen LogP contribution in [-0.4, -0.2) is 66.3 Å².